The van der Waals surface area contributed by atoms with Crippen LogP contribution >= 0.6 is 11.6 Å². The number of aromatic carboxylic acids is 1. The summed E-state index contributed by atoms with van der Waals surface area (Å²) < 4.78 is 0. The summed E-state index contributed by atoms with van der Waals surface area (Å²) in [4.78, 5) is 15.4. The van der Waals surface area contributed by atoms with Gasteiger partial charge in [0.2, 0.25) is 0 Å². The normalized spacial score (nSPS) is 11.1. The van der Waals surface area contributed by atoms with Crippen LogP contribution in [-0.4, -0.2) is 22.6 Å². The van der Waals surface area contributed by atoms with E-state index in [1.54, 1.807) is 12.1 Å². The highest BCUT2D eigenvalue weighted by Crippen LogP contribution is 2.40. The molecule has 4 aromatic rings. The molecule has 0 unspecified atom stereocenters. The van der Waals surface area contributed by atoms with Crippen molar-refractivity contribution in [2.24, 2.45) is 5.73 Å². The molecule has 0 amide bonds. The van der Waals surface area contributed by atoms with Gasteiger partial charge >= 0.3 is 5.97 Å². The number of carboxylic acids is 1. The average molecular weight is 419 g/mol. The molecular formula is C25H23ClN2O2. The number of H-pyrrole nitrogens is 1. The van der Waals surface area contributed by atoms with Crippen molar-refractivity contribution in [3.05, 3.63) is 82.9 Å². The Hall–Kier alpha value is -3.08. The van der Waals surface area contributed by atoms with Gasteiger partial charge < -0.3 is 15.8 Å². The number of carboxylic acid groups (broad SMARTS) is 1. The maximum atomic E-state index is 12.0. The second-order valence-corrected chi connectivity index (χ2v) is 7.69. The molecule has 0 aliphatic rings. The molecule has 0 bridgehead atoms. The summed E-state index contributed by atoms with van der Waals surface area (Å²) in [5.74, 6) is -0.960. The van der Waals surface area contributed by atoms with Gasteiger partial charge in [0.05, 0.1) is 21.8 Å². The molecule has 4 N–H and O–H groups in total. The zero-order valence-corrected chi connectivity index (χ0v) is 17.2. The predicted octanol–water partition coefficient (Wildman–Crippen LogP) is 6.13. The van der Waals surface area contributed by atoms with E-state index in [0.29, 0.717) is 22.5 Å². The molecule has 0 saturated carbocycles. The van der Waals surface area contributed by atoms with Crippen LogP contribution in [-0.2, 0) is 6.42 Å². The molecule has 0 aliphatic carbocycles. The summed E-state index contributed by atoms with van der Waals surface area (Å²) in [6, 6.07) is 21.5. The summed E-state index contributed by atoms with van der Waals surface area (Å²) in [5.41, 5.74) is 11.7. The van der Waals surface area contributed by atoms with Crippen molar-refractivity contribution in [3.8, 4) is 22.4 Å². The molecule has 4 nitrogen and oxygen atoms in total. The number of unbranched alkanes of at least 4 members (excludes halogenated alkanes) is 1. The number of hydrogen-bond donors (Lipinski definition) is 3. The quantitative estimate of drug-likeness (QED) is 0.315. The van der Waals surface area contributed by atoms with E-state index in [4.69, 9.17) is 17.3 Å². The second kappa shape index (κ2) is 8.74. The average Bonchev–Trinajstić information content (AvgIpc) is 3.15. The van der Waals surface area contributed by atoms with Crippen molar-refractivity contribution in [1.82, 2.24) is 4.98 Å². The number of nitrogens with two attached hydrogens (primary N) is 1. The lowest BCUT2D eigenvalue weighted by molar-refractivity contribution is 0.0699. The van der Waals surface area contributed by atoms with Crippen LogP contribution < -0.4 is 5.73 Å². The van der Waals surface area contributed by atoms with Gasteiger partial charge in [-0.1, -0.05) is 66.2 Å². The van der Waals surface area contributed by atoms with E-state index >= 15 is 0 Å². The largest absolute Gasteiger partial charge is 0.478 e. The number of halogens is 1. The molecule has 4 rings (SSSR count). The first-order chi connectivity index (χ1) is 14.6. The number of nitrogens with one attached hydrogen (secondary N) is 1. The van der Waals surface area contributed by atoms with E-state index in [2.05, 4.69) is 29.2 Å². The first-order valence-electron chi connectivity index (χ1n) is 10.0. The monoisotopic (exact) mass is 418 g/mol. The molecule has 0 aliphatic heterocycles. The Balaban J connectivity index is 2.00. The number of rotatable bonds is 7. The van der Waals surface area contributed by atoms with Gasteiger partial charge in [-0.25, -0.2) is 4.79 Å². The van der Waals surface area contributed by atoms with Crippen molar-refractivity contribution in [3.63, 3.8) is 0 Å². The summed E-state index contributed by atoms with van der Waals surface area (Å²) in [6.45, 7) is 0.602. The van der Waals surface area contributed by atoms with Crippen LogP contribution in [0.3, 0.4) is 0 Å². The first kappa shape index (κ1) is 20.2. The minimum absolute atomic E-state index is 0.261. The predicted molar refractivity (Wildman–Crippen MR) is 123 cm³/mol. The lowest BCUT2D eigenvalue weighted by atomic mass is 9.93. The molecule has 0 spiro atoms. The standard InChI is InChI=1S/C25H23ClN2O2/c26-21-14-13-20(25(29)30)22-19(12-6-7-15-27)23(28-24(21)22)18-11-5-4-10-17(18)16-8-2-1-3-9-16/h1-5,8-11,13-14,28H,6-7,12,15,27H2,(H,29,30). The molecule has 5 heteroatoms. The summed E-state index contributed by atoms with van der Waals surface area (Å²) in [6.07, 6.45) is 2.46. The van der Waals surface area contributed by atoms with Gasteiger partial charge in [-0.2, -0.15) is 0 Å². The lowest BCUT2D eigenvalue weighted by Crippen LogP contribution is -2.01. The van der Waals surface area contributed by atoms with E-state index in [0.717, 1.165) is 47.2 Å². The van der Waals surface area contributed by atoms with E-state index in [1.807, 2.05) is 30.3 Å². The number of aromatic amines is 1. The molecule has 0 radical (unpaired) electrons. The minimum Gasteiger partial charge on any atom is -0.478 e. The van der Waals surface area contributed by atoms with Gasteiger partial charge in [-0.3, -0.25) is 0 Å². The fourth-order valence-corrected chi connectivity index (χ4v) is 4.22. The third-order valence-corrected chi connectivity index (χ3v) is 5.72. The molecule has 0 atom stereocenters. The molecule has 1 aromatic heterocycles. The zero-order valence-electron chi connectivity index (χ0n) is 16.5. The Labute approximate surface area is 180 Å². The number of aryl methyl sites for hydroxylation is 1. The number of hydrogen-bond acceptors (Lipinski definition) is 2. The third-order valence-electron chi connectivity index (χ3n) is 5.40. The molecule has 30 heavy (non-hydrogen) atoms. The van der Waals surface area contributed by atoms with Crippen LogP contribution in [0.4, 0.5) is 0 Å². The molecular weight excluding hydrogens is 396 g/mol. The Morgan fingerprint density at radius 2 is 1.63 bits per heavy atom. The third kappa shape index (κ3) is 3.72. The van der Waals surface area contributed by atoms with Gasteiger partial charge in [0.15, 0.2) is 0 Å². The maximum absolute atomic E-state index is 12.0. The smallest absolute Gasteiger partial charge is 0.336 e. The molecule has 3 aromatic carbocycles. The maximum Gasteiger partial charge on any atom is 0.336 e. The number of aromatic nitrogens is 1. The van der Waals surface area contributed by atoms with Gasteiger partial charge in [0.25, 0.3) is 0 Å². The topological polar surface area (TPSA) is 79.1 Å². The highest BCUT2D eigenvalue weighted by atomic mass is 35.5. The van der Waals surface area contributed by atoms with Crippen LogP contribution in [0.1, 0.15) is 28.8 Å². The number of fused-ring (bicyclic) bond motifs is 1. The van der Waals surface area contributed by atoms with Crippen LogP contribution in [0.25, 0.3) is 33.3 Å². The van der Waals surface area contributed by atoms with Crippen LogP contribution in [0.2, 0.25) is 5.02 Å². The zero-order chi connectivity index (χ0) is 21.1. The Morgan fingerprint density at radius 3 is 2.33 bits per heavy atom. The second-order valence-electron chi connectivity index (χ2n) is 7.29. The van der Waals surface area contributed by atoms with Crippen molar-refractivity contribution < 1.29 is 9.90 Å². The van der Waals surface area contributed by atoms with E-state index in [-0.39, 0.29) is 5.56 Å². The van der Waals surface area contributed by atoms with E-state index in [1.165, 1.54) is 0 Å². The highest BCUT2D eigenvalue weighted by Gasteiger charge is 2.22. The van der Waals surface area contributed by atoms with Crippen LogP contribution in [0.15, 0.2) is 66.7 Å². The fraction of sp³-hybridized carbons (Fsp3) is 0.160. The fourth-order valence-electron chi connectivity index (χ4n) is 4.01. The number of carbonyl (C=O) groups is 1. The SMILES string of the molecule is NCCCCc1c(-c2ccccc2-c2ccccc2)[nH]c2c(Cl)ccc(C(=O)O)c12. The van der Waals surface area contributed by atoms with Crippen LogP contribution in [0.5, 0.6) is 0 Å². The summed E-state index contributed by atoms with van der Waals surface area (Å²) >= 11 is 6.48. The molecule has 1 heterocycles. The Bertz CT molecular complexity index is 1200. The summed E-state index contributed by atoms with van der Waals surface area (Å²) in [5, 5.41) is 11.0. The molecule has 0 fully saturated rings. The van der Waals surface area contributed by atoms with Crippen LogP contribution in [0, 0.1) is 0 Å². The Kier molecular flexibility index (Phi) is 5.88. The van der Waals surface area contributed by atoms with Gasteiger partial charge in [-0.05, 0) is 54.6 Å². The lowest BCUT2D eigenvalue weighted by Gasteiger charge is -2.12. The highest BCUT2D eigenvalue weighted by molar-refractivity contribution is 6.36. The van der Waals surface area contributed by atoms with Gasteiger partial charge in [0.1, 0.15) is 0 Å². The van der Waals surface area contributed by atoms with Crippen molar-refractivity contribution in [1.29, 1.82) is 0 Å². The number of benzene rings is 3. The van der Waals surface area contributed by atoms with Crippen molar-refractivity contribution >= 4 is 28.5 Å². The first-order valence-corrected chi connectivity index (χ1v) is 10.4. The van der Waals surface area contributed by atoms with E-state index < -0.39 is 5.97 Å². The Morgan fingerprint density at radius 1 is 0.933 bits per heavy atom. The van der Waals surface area contributed by atoms with Crippen molar-refractivity contribution in [2.45, 2.75) is 19.3 Å². The summed E-state index contributed by atoms with van der Waals surface area (Å²) in [7, 11) is 0. The molecule has 0 saturated heterocycles. The van der Waals surface area contributed by atoms with Gasteiger partial charge in [-0.15, -0.1) is 0 Å². The van der Waals surface area contributed by atoms with Crippen molar-refractivity contribution in [2.75, 3.05) is 6.54 Å². The molecule has 152 valence electrons. The minimum atomic E-state index is -0.960. The van der Waals surface area contributed by atoms with Gasteiger partial charge in [0, 0.05) is 10.9 Å². The van der Waals surface area contributed by atoms with E-state index in [9.17, 15) is 9.90 Å².